The molecule has 5 nitrogen and oxygen atoms in total. The van der Waals surface area contributed by atoms with Gasteiger partial charge in [-0.2, -0.15) is 13.2 Å². The molecule has 0 fully saturated rings. The number of rotatable bonds is 5. The van der Waals surface area contributed by atoms with Gasteiger partial charge in [-0.05, 0) is 23.3 Å². The Labute approximate surface area is 157 Å². The van der Waals surface area contributed by atoms with Gasteiger partial charge in [0, 0.05) is 12.7 Å². The Morgan fingerprint density at radius 3 is 2.26 bits per heavy atom. The highest BCUT2D eigenvalue weighted by molar-refractivity contribution is 7.99. The number of hydrogen-bond acceptors (Lipinski definition) is 4. The fraction of sp³-hybridized carbons (Fsp3) is 0.167. The first-order chi connectivity index (χ1) is 12.8. The zero-order chi connectivity index (χ0) is 19.4. The minimum atomic E-state index is -4.58. The molecule has 1 N–H and O–H groups in total. The summed E-state index contributed by atoms with van der Waals surface area (Å²) >= 11 is 0.889. The second-order valence-electron chi connectivity index (χ2n) is 5.64. The van der Waals surface area contributed by atoms with E-state index in [1.165, 1.54) is 7.05 Å². The van der Waals surface area contributed by atoms with Crippen LogP contribution in [0.2, 0.25) is 0 Å². The van der Waals surface area contributed by atoms with E-state index in [0.717, 1.165) is 27.5 Å². The van der Waals surface area contributed by atoms with Crippen LogP contribution in [0.4, 0.5) is 18.9 Å². The highest BCUT2D eigenvalue weighted by atomic mass is 32.2. The van der Waals surface area contributed by atoms with Crippen LogP contribution in [-0.4, -0.2) is 26.4 Å². The molecule has 0 unspecified atom stereocenters. The van der Waals surface area contributed by atoms with Crippen molar-refractivity contribution in [1.82, 2.24) is 14.8 Å². The Balaban J connectivity index is 1.58. The molecule has 0 aliphatic heterocycles. The zero-order valence-electron chi connectivity index (χ0n) is 14.2. The van der Waals surface area contributed by atoms with Crippen LogP contribution in [0.1, 0.15) is 5.82 Å². The molecule has 0 spiro atoms. The van der Waals surface area contributed by atoms with Gasteiger partial charge >= 0.3 is 6.18 Å². The fourth-order valence-electron chi connectivity index (χ4n) is 2.39. The molecule has 1 aromatic heterocycles. The van der Waals surface area contributed by atoms with Crippen LogP contribution in [-0.2, 0) is 18.0 Å². The molecule has 0 atom stereocenters. The number of carbonyl (C=O) groups excluding carboxylic acids is 1. The van der Waals surface area contributed by atoms with E-state index in [2.05, 4.69) is 15.5 Å². The molecule has 27 heavy (non-hydrogen) atoms. The van der Waals surface area contributed by atoms with Gasteiger partial charge in [0.05, 0.1) is 5.75 Å². The zero-order valence-corrected chi connectivity index (χ0v) is 15.0. The quantitative estimate of drug-likeness (QED) is 0.660. The summed E-state index contributed by atoms with van der Waals surface area (Å²) in [5.41, 5.74) is 2.68. The van der Waals surface area contributed by atoms with E-state index in [1.807, 2.05) is 42.5 Å². The lowest BCUT2D eigenvalue weighted by Gasteiger charge is -2.08. The van der Waals surface area contributed by atoms with Crippen LogP contribution in [0.25, 0.3) is 11.1 Å². The number of hydrogen-bond donors (Lipinski definition) is 1. The van der Waals surface area contributed by atoms with Crippen molar-refractivity contribution >= 4 is 23.4 Å². The second kappa shape index (κ2) is 7.83. The van der Waals surface area contributed by atoms with E-state index >= 15 is 0 Å². The maximum atomic E-state index is 12.7. The third-order valence-corrected chi connectivity index (χ3v) is 4.72. The van der Waals surface area contributed by atoms with Crippen molar-refractivity contribution in [1.29, 1.82) is 0 Å². The number of carbonyl (C=O) groups is 1. The lowest BCUT2D eigenvalue weighted by molar-refractivity contribution is -0.147. The standard InChI is InChI=1S/C18H15F3N4OS/c1-25-16(18(19,20)21)23-24-17(25)27-11-15(26)22-14-9-7-13(8-10-14)12-5-3-2-4-6-12/h2-10H,11H2,1H3,(H,22,26). The normalized spacial score (nSPS) is 11.4. The van der Waals surface area contributed by atoms with E-state index in [4.69, 9.17) is 0 Å². The molecule has 3 rings (SSSR count). The molecule has 9 heteroatoms. The number of amides is 1. The van der Waals surface area contributed by atoms with Crippen LogP contribution >= 0.6 is 11.8 Å². The van der Waals surface area contributed by atoms with Crippen molar-refractivity contribution in [2.24, 2.45) is 7.05 Å². The number of halogens is 3. The van der Waals surface area contributed by atoms with Gasteiger partial charge in [-0.15, -0.1) is 10.2 Å². The van der Waals surface area contributed by atoms with Gasteiger partial charge < -0.3 is 9.88 Å². The lowest BCUT2D eigenvalue weighted by Crippen LogP contribution is -2.15. The predicted molar refractivity (Wildman–Crippen MR) is 97.2 cm³/mol. The van der Waals surface area contributed by atoms with Crippen molar-refractivity contribution < 1.29 is 18.0 Å². The van der Waals surface area contributed by atoms with Gasteiger partial charge in [-0.3, -0.25) is 4.79 Å². The molecule has 0 bridgehead atoms. The highest BCUT2D eigenvalue weighted by Crippen LogP contribution is 2.29. The maximum absolute atomic E-state index is 12.7. The Bertz CT molecular complexity index is 924. The van der Waals surface area contributed by atoms with E-state index in [9.17, 15) is 18.0 Å². The Kier molecular flexibility index (Phi) is 5.50. The molecule has 1 heterocycles. The number of thioether (sulfide) groups is 1. The van der Waals surface area contributed by atoms with Crippen LogP contribution in [0.3, 0.4) is 0 Å². The third-order valence-electron chi connectivity index (χ3n) is 3.70. The van der Waals surface area contributed by atoms with E-state index in [0.29, 0.717) is 5.69 Å². The van der Waals surface area contributed by atoms with Gasteiger partial charge in [-0.1, -0.05) is 54.2 Å². The summed E-state index contributed by atoms with van der Waals surface area (Å²) in [5.74, 6) is -1.52. The van der Waals surface area contributed by atoms with Crippen LogP contribution in [0, 0.1) is 0 Å². The van der Waals surface area contributed by atoms with Crippen LogP contribution in [0.15, 0.2) is 59.8 Å². The van der Waals surface area contributed by atoms with Gasteiger partial charge in [0.15, 0.2) is 5.16 Å². The highest BCUT2D eigenvalue weighted by Gasteiger charge is 2.37. The first kappa shape index (κ1) is 19.0. The fourth-order valence-corrected chi connectivity index (χ4v) is 3.10. The number of nitrogens with one attached hydrogen (secondary N) is 1. The summed E-state index contributed by atoms with van der Waals surface area (Å²) in [6.45, 7) is 0. The monoisotopic (exact) mass is 392 g/mol. The lowest BCUT2D eigenvalue weighted by atomic mass is 10.1. The molecular weight excluding hydrogens is 377 g/mol. The largest absolute Gasteiger partial charge is 0.451 e. The average Bonchev–Trinajstić information content (AvgIpc) is 3.02. The van der Waals surface area contributed by atoms with Crippen LogP contribution < -0.4 is 5.32 Å². The third kappa shape index (κ3) is 4.68. The topological polar surface area (TPSA) is 59.8 Å². The van der Waals surface area contributed by atoms with Crippen molar-refractivity contribution in [3.8, 4) is 11.1 Å². The summed E-state index contributed by atoms with van der Waals surface area (Å²) in [6, 6.07) is 17.1. The maximum Gasteiger partial charge on any atom is 0.451 e. The molecular formula is C18H15F3N4OS. The summed E-state index contributed by atoms with van der Waals surface area (Å²) in [7, 11) is 1.21. The predicted octanol–water partition coefficient (Wildman–Crippen LogP) is 4.23. The van der Waals surface area contributed by atoms with Crippen molar-refractivity contribution in [2.45, 2.75) is 11.3 Å². The van der Waals surface area contributed by atoms with Crippen molar-refractivity contribution in [2.75, 3.05) is 11.1 Å². The Morgan fingerprint density at radius 1 is 1.04 bits per heavy atom. The van der Waals surface area contributed by atoms with Crippen molar-refractivity contribution in [3.63, 3.8) is 0 Å². The number of aromatic nitrogens is 3. The van der Waals surface area contributed by atoms with E-state index < -0.39 is 12.0 Å². The van der Waals surface area contributed by atoms with Crippen LogP contribution in [0.5, 0.6) is 0 Å². The van der Waals surface area contributed by atoms with Crippen molar-refractivity contribution in [3.05, 3.63) is 60.4 Å². The molecule has 2 aromatic carbocycles. The van der Waals surface area contributed by atoms with E-state index in [-0.39, 0.29) is 16.8 Å². The van der Waals surface area contributed by atoms with E-state index in [1.54, 1.807) is 12.1 Å². The number of benzene rings is 2. The number of alkyl halides is 3. The summed E-state index contributed by atoms with van der Waals surface area (Å²) in [5, 5.41) is 9.34. The first-order valence-electron chi connectivity index (χ1n) is 7.89. The molecule has 0 aliphatic carbocycles. The minimum absolute atomic E-state index is 0.0249. The molecule has 0 radical (unpaired) electrons. The summed E-state index contributed by atoms with van der Waals surface area (Å²) in [6.07, 6.45) is -4.58. The first-order valence-corrected chi connectivity index (χ1v) is 8.88. The number of anilines is 1. The van der Waals surface area contributed by atoms with Gasteiger partial charge in [0.1, 0.15) is 0 Å². The minimum Gasteiger partial charge on any atom is -0.325 e. The molecule has 0 saturated heterocycles. The summed E-state index contributed by atoms with van der Waals surface area (Å²) in [4.78, 5) is 12.0. The smallest absolute Gasteiger partial charge is 0.325 e. The molecule has 0 aliphatic rings. The van der Waals surface area contributed by atoms with Gasteiger partial charge in [0.25, 0.3) is 0 Å². The molecule has 140 valence electrons. The molecule has 3 aromatic rings. The molecule has 0 saturated carbocycles. The molecule has 1 amide bonds. The SMILES string of the molecule is Cn1c(SCC(=O)Nc2ccc(-c3ccccc3)cc2)nnc1C(F)(F)F. The Hall–Kier alpha value is -2.81. The number of nitrogens with zero attached hydrogens (tertiary/aromatic N) is 3. The van der Waals surface area contributed by atoms with Gasteiger partial charge in [0.2, 0.25) is 11.7 Å². The Morgan fingerprint density at radius 2 is 1.67 bits per heavy atom. The summed E-state index contributed by atoms with van der Waals surface area (Å²) < 4.78 is 38.9. The van der Waals surface area contributed by atoms with Gasteiger partial charge in [-0.25, -0.2) is 0 Å². The average molecular weight is 392 g/mol. The second-order valence-corrected chi connectivity index (χ2v) is 6.59.